The Bertz CT molecular complexity index is 863. The number of carbonyl (C=O) groups excluding carboxylic acids is 3. The summed E-state index contributed by atoms with van der Waals surface area (Å²) in [4.78, 5) is 37.1. The highest BCUT2D eigenvalue weighted by molar-refractivity contribution is 8.23. The van der Waals surface area contributed by atoms with Crippen LogP contribution >= 0.6 is 24.0 Å². The summed E-state index contributed by atoms with van der Waals surface area (Å²) in [5.41, 5.74) is 0.418. The first-order valence-corrected chi connectivity index (χ1v) is 9.34. The number of hydrogen-bond donors (Lipinski definition) is 1. The number of nitrogens with zero attached hydrogens (tertiary/aromatic N) is 1. The predicted molar refractivity (Wildman–Crippen MR) is 104 cm³/mol. The molecule has 0 aliphatic carbocycles. The summed E-state index contributed by atoms with van der Waals surface area (Å²) in [6, 6.07) is 12.8. The molecule has 1 fully saturated rings. The quantitative estimate of drug-likeness (QED) is 0.602. The van der Waals surface area contributed by atoms with Crippen molar-refractivity contribution < 1.29 is 19.1 Å². The number of ether oxygens (including phenoxy) is 1. The van der Waals surface area contributed by atoms with Crippen LogP contribution in [0.15, 0.2) is 42.5 Å². The van der Waals surface area contributed by atoms with Gasteiger partial charge in [0.15, 0.2) is 6.61 Å². The van der Waals surface area contributed by atoms with E-state index in [0.717, 1.165) is 10.8 Å². The third-order valence-electron chi connectivity index (χ3n) is 3.84. The number of fused-ring (bicyclic) bond motifs is 1. The van der Waals surface area contributed by atoms with Crippen molar-refractivity contribution >= 4 is 56.9 Å². The van der Waals surface area contributed by atoms with Crippen molar-refractivity contribution in [2.45, 2.75) is 0 Å². The van der Waals surface area contributed by atoms with Crippen molar-refractivity contribution in [2.24, 2.45) is 0 Å². The van der Waals surface area contributed by atoms with E-state index in [4.69, 9.17) is 17.0 Å². The second kappa shape index (κ2) is 8.29. The normalized spacial score (nSPS) is 13.9. The molecule has 1 aliphatic rings. The maximum atomic E-state index is 12.3. The van der Waals surface area contributed by atoms with Gasteiger partial charge in [0.2, 0.25) is 5.91 Å². The van der Waals surface area contributed by atoms with Crippen LogP contribution in [0.5, 0.6) is 0 Å². The number of amides is 2. The van der Waals surface area contributed by atoms with Crippen molar-refractivity contribution in [1.29, 1.82) is 0 Å². The SMILES string of the molecule is O=C(COC(=O)c1cccc2ccccc12)NCCN1C(=O)CSC1=S. The van der Waals surface area contributed by atoms with E-state index in [1.807, 2.05) is 30.3 Å². The molecule has 8 heteroatoms. The predicted octanol–water partition coefficient (Wildman–Crippen LogP) is 1.97. The van der Waals surface area contributed by atoms with Gasteiger partial charge in [0.1, 0.15) is 4.32 Å². The van der Waals surface area contributed by atoms with Crippen molar-refractivity contribution in [3.8, 4) is 0 Å². The number of thioether (sulfide) groups is 1. The maximum absolute atomic E-state index is 12.3. The second-order valence-corrected chi connectivity index (χ2v) is 7.16. The van der Waals surface area contributed by atoms with E-state index in [9.17, 15) is 14.4 Å². The molecule has 2 amide bonds. The first-order chi connectivity index (χ1) is 12.6. The zero-order chi connectivity index (χ0) is 18.5. The molecule has 26 heavy (non-hydrogen) atoms. The lowest BCUT2D eigenvalue weighted by Crippen LogP contribution is -2.38. The van der Waals surface area contributed by atoms with E-state index in [-0.39, 0.29) is 19.1 Å². The number of esters is 1. The van der Waals surface area contributed by atoms with E-state index < -0.39 is 11.9 Å². The van der Waals surface area contributed by atoms with Crippen molar-refractivity contribution in [1.82, 2.24) is 10.2 Å². The number of benzene rings is 2. The number of thiocarbonyl (C=S) groups is 1. The highest BCUT2D eigenvalue weighted by Gasteiger charge is 2.26. The molecule has 0 bridgehead atoms. The van der Waals surface area contributed by atoms with Crippen molar-refractivity contribution in [3.63, 3.8) is 0 Å². The van der Waals surface area contributed by atoms with Gasteiger partial charge in [-0.15, -0.1) is 0 Å². The fraction of sp³-hybridized carbons (Fsp3) is 0.222. The van der Waals surface area contributed by atoms with Gasteiger partial charge < -0.3 is 10.1 Å². The molecule has 0 atom stereocenters. The van der Waals surface area contributed by atoms with Gasteiger partial charge in [-0.1, -0.05) is 60.4 Å². The standard InChI is InChI=1S/C18H16N2O4S2/c21-15(19-8-9-20-16(22)11-26-18(20)25)10-24-17(23)14-7-3-5-12-4-1-2-6-13(12)14/h1-7H,8-11H2,(H,19,21). The van der Waals surface area contributed by atoms with Crippen LogP contribution in [0.2, 0.25) is 0 Å². The molecule has 0 radical (unpaired) electrons. The van der Waals surface area contributed by atoms with Crippen LogP contribution in [0.25, 0.3) is 10.8 Å². The lowest BCUT2D eigenvalue weighted by atomic mass is 10.1. The van der Waals surface area contributed by atoms with E-state index in [1.54, 1.807) is 12.1 Å². The van der Waals surface area contributed by atoms with Gasteiger partial charge in [-0.05, 0) is 16.8 Å². The van der Waals surface area contributed by atoms with Crippen LogP contribution in [0, 0.1) is 0 Å². The summed E-state index contributed by atoms with van der Waals surface area (Å²) in [7, 11) is 0. The largest absolute Gasteiger partial charge is 0.452 e. The second-order valence-electron chi connectivity index (χ2n) is 5.55. The lowest BCUT2D eigenvalue weighted by Gasteiger charge is -2.15. The van der Waals surface area contributed by atoms with E-state index in [1.165, 1.54) is 16.7 Å². The summed E-state index contributed by atoms with van der Waals surface area (Å²) >= 11 is 6.37. The molecule has 0 aromatic heterocycles. The molecule has 1 heterocycles. The van der Waals surface area contributed by atoms with Gasteiger partial charge in [-0.2, -0.15) is 0 Å². The Kier molecular flexibility index (Phi) is 5.85. The maximum Gasteiger partial charge on any atom is 0.339 e. The van der Waals surface area contributed by atoms with E-state index in [0.29, 0.717) is 22.2 Å². The van der Waals surface area contributed by atoms with Crippen LogP contribution < -0.4 is 5.32 Å². The van der Waals surface area contributed by atoms with Gasteiger partial charge >= 0.3 is 5.97 Å². The summed E-state index contributed by atoms with van der Waals surface area (Å²) in [6.45, 7) is 0.181. The van der Waals surface area contributed by atoms with E-state index >= 15 is 0 Å². The topological polar surface area (TPSA) is 75.7 Å². The van der Waals surface area contributed by atoms with Gasteiger partial charge in [0, 0.05) is 13.1 Å². The molecule has 2 aromatic rings. The summed E-state index contributed by atoms with van der Waals surface area (Å²) in [6.07, 6.45) is 0. The summed E-state index contributed by atoms with van der Waals surface area (Å²) in [5, 5.41) is 4.32. The Balaban J connectivity index is 1.49. The fourth-order valence-electron chi connectivity index (χ4n) is 2.57. The minimum atomic E-state index is -0.552. The molecular weight excluding hydrogens is 372 g/mol. The Hall–Kier alpha value is -2.45. The van der Waals surface area contributed by atoms with Gasteiger partial charge in [0.25, 0.3) is 5.91 Å². The number of nitrogens with one attached hydrogen (secondary N) is 1. The zero-order valence-corrected chi connectivity index (χ0v) is 15.4. The van der Waals surface area contributed by atoms with Gasteiger partial charge in [-0.3, -0.25) is 14.5 Å². The molecule has 0 unspecified atom stereocenters. The minimum Gasteiger partial charge on any atom is -0.452 e. The number of rotatable bonds is 6. The van der Waals surface area contributed by atoms with Crippen molar-refractivity contribution in [3.05, 3.63) is 48.0 Å². The first-order valence-electron chi connectivity index (χ1n) is 7.95. The molecular formula is C18H16N2O4S2. The molecule has 134 valence electrons. The van der Waals surface area contributed by atoms with Crippen LogP contribution in [0.4, 0.5) is 0 Å². The molecule has 3 rings (SSSR count). The van der Waals surface area contributed by atoms with Gasteiger partial charge in [0.05, 0.1) is 11.3 Å². The van der Waals surface area contributed by atoms with Crippen LogP contribution in [-0.2, 0) is 14.3 Å². The number of carbonyl (C=O) groups is 3. The molecule has 1 aliphatic heterocycles. The third kappa shape index (κ3) is 4.20. The summed E-state index contributed by atoms with van der Waals surface area (Å²) < 4.78 is 5.62. The van der Waals surface area contributed by atoms with Crippen LogP contribution in [0.3, 0.4) is 0 Å². The first kappa shape index (κ1) is 18.3. The lowest BCUT2D eigenvalue weighted by molar-refractivity contribution is -0.126. The Labute approximate surface area is 159 Å². The molecule has 1 saturated heterocycles. The third-order valence-corrected chi connectivity index (χ3v) is 5.27. The van der Waals surface area contributed by atoms with Crippen molar-refractivity contribution in [2.75, 3.05) is 25.4 Å². The Morgan fingerprint density at radius 3 is 2.73 bits per heavy atom. The van der Waals surface area contributed by atoms with Crippen LogP contribution in [0.1, 0.15) is 10.4 Å². The average Bonchev–Trinajstić information content (AvgIpc) is 2.97. The smallest absolute Gasteiger partial charge is 0.339 e. The summed E-state index contributed by atoms with van der Waals surface area (Å²) in [5.74, 6) is -0.695. The highest BCUT2D eigenvalue weighted by atomic mass is 32.2. The Morgan fingerprint density at radius 2 is 1.96 bits per heavy atom. The van der Waals surface area contributed by atoms with E-state index in [2.05, 4.69) is 5.32 Å². The van der Waals surface area contributed by atoms with Crippen LogP contribution in [-0.4, -0.2) is 52.5 Å². The molecule has 0 saturated carbocycles. The molecule has 0 spiro atoms. The number of hydrogen-bond acceptors (Lipinski definition) is 6. The highest BCUT2D eigenvalue weighted by Crippen LogP contribution is 2.19. The monoisotopic (exact) mass is 388 g/mol. The average molecular weight is 388 g/mol. The van der Waals surface area contributed by atoms with Gasteiger partial charge in [-0.25, -0.2) is 4.79 Å². The fourth-order valence-corrected chi connectivity index (χ4v) is 3.69. The molecule has 2 aromatic carbocycles. The molecule has 6 nitrogen and oxygen atoms in total. The minimum absolute atomic E-state index is 0.0587. The Morgan fingerprint density at radius 1 is 1.19 bits per heavy atom. The zero-order valence-electron chi connectivity index (χ0n) is 13.8. The molecule has 1 N–H and O–H groups in total.